The van der Waals surface area contributed by atoms with Gasteiger partial charge in [0.25, 0.3) is 5.91 Å². The molecule has 28 heavy (non-hydrogen) atoms. The summed E-state index contributed by atoms with van der Waals surface area (Å²) in [4.78, 5) is 20.2. The van der Waals surface area contributed by atoms with E-state index in [9.17, 15) is 4.79 Å². The molecule has 4 aromatic rings. The van der Waals surface area contributed by atoms with Gasteiger partial charge in [-0.15, -0.1) is 11.3 Å². The van der Waals surface area contributed by atoms with Gasteiger partial charge in [0.2, 0.25) is 6.39 Å². The molecule has 0 spiro atoms. The highest BCUT2D eigenvalue weighted by molar-refractivity contribution is 7.13. The van der Waals surface area contributed by atoms with Crippen LogP contribution in [0.25, 0.3) is 10.6 Å². The molecule has 1 aliphatic rings. The first-order valence-corrected chi connectivity index (χ1v) is 9.87. The Morgan fingerprint density at radius 3 is 2.75 bits per heavy atom. The van der Waals surface area contributed by atoms with Gasteiger partial charge >= 0.3 is 0 Å². The quantitative estimate of drug-likeness (QED) is 0.575. The van der Waals surface area contributed by atoms with Gasteiger partial charge in [0.15, 0.2) is 11.5 Å². The molecule has 0 unspecified atom stereocenters. The molecular formula is C20H17N5O2S. The lowest BCUT2D eigenvalue weighted by molar-refractivity contribution is 0.0783. The lowest BCUT2D eigenvalue weighted by atomic mass is 9.88. The molecule has 7 nitrogen and oxygen atoms in total. The van der Waals surface area contributed by atoms with E-state index in [1.165, 1.54) is 6.39 Å². The minimum absolute atomic E-state index is 0.0131. The Morgan fingerprint density at radius 2 is 2.00 bits per heavy atom. The number of benzene rings is 1. The van der Waals surface area contributed by atoms with E-state index in [-0.39, 0.29) is 17.7 Å². The van der Waals surface area contributed by atoms with Crippen LogP contribution in [-0.4, -0.2) is 44.2 Å². The van der Waals surface area contributed by atoms with Crippen LogP contribution in [0.5, 0.6) is 0 Å². The van der Waals surface area contributed by atoms with Crippen molar-refractivity contribution in [1.29, 1.82) is 0 Å². The number of likely N-dealkylation sites (tertiary alicyclic amines) is 1. The number of aromatic amines is 1. The van der Waals surface area contributed by atoms with Gasteiger partial charge in [-0.3, -0.25) is 9.89 Å². The standard InChI is InChI=1S/C20H17N5O2S/c26-20(17-9-16(22-23-17)18-7-4-8-28-18)25-10-14(13-5-2-1-3-6-13)15(11-25)19-21-12-27-24-19/h1-9,12,14-15H,10-11H2,(H,22,23)/t14-,15-/m1/s1. The van der Waals surface area contributed by atoms with Gasteiger partial charge < -0.3 is 9.42 Å². The van der Waals surface area contributed by atoms with Crippen LogP contribution in [0.15, 0.2) is 64.8 Å². The van der Waals surface area contributed by atoms with Crippen LogP contribution in [0.2, 0.25) is 0 Å². The van der Waals surface area contributed by atoms with Crippen LogP contribution in [0.4, 0.5) is 0 Å². The first-order chi connectivity index (χ1) is 13.8. The van der Waals surface area contributed by atoms with Crippen LogP contribution in [0.3, 0.4) is 0 Å². The predicted octanol–water partition coefficient (Wildman–Crippen LogP) is 3.54. The fourth-order valence-corrected chi connectivity index (χ4v) is 4.46. The van der Waals surface area contributed by atoms with Crippen LogP contribution < -0.4 is 0 Å². The van der Waals surface area contributed by atoms with Gasteiger partial charge in [0.1, 0.15) is 0 Å². The molecule has 1 N–H and O–H groups in total. The summed E-state index contributed by atoms with van der Waals surface area (Å²) in [6.07, 6.45) is 1.34. The molecule has 2 atom stereocenters. The summed E-state index contributed by atoms with van der Waals surface area (Å²) in [5.74, 6) is 0.635. The number of amides is 1. The topological polar surface area (TPSA) is 87.9 Å². The number of hydrogen-bond acceptors (Lipinski definition) is 6. The molecule has 1 amide bonds. The predicted molar refractivity (Wildman–Crippen MR) is 104 cm³/mol. The maximum absolute atomic E-state index is 13.1. The van der Waals surface area contributed by atoms with Crippen molar-refractivity contribution in [2.24, 2.45) is 0 Å². The second-order valence-electron chi connectivity index (χ2n) is 6.77. The van der Waals surface area contributed by atoms with Gasteiger partial charge in [-0.1, -0.05) is 41.6 Å². The molecule has 1 aliphatic heterocycles. The van der Waals surface area contributed by atoms with Crippen molar-refractivity contribution in [3.8, 4) is 10.6 Å². The van der Waals surface area contributed by atoms with E-state index >= 15 is 0 Å². The molecule has 1 aromatic carbocycles. The smallest absolute Gasteiger partial charge is 0.274 e. The Labute approximate surface area is 165 Å². The zero-order chi connectivity index (χ0) is 18.9. The van der Waals surface area contributed by atoms with E-state index in [2.05, 4.69) is 32.5 Å². The van der Waals surface area contributed by atoms with E-state index in [0.717, 1.165) is 16.1 Å². The van der Waals surface area contributed by atoms with Crippen molar-refractivity contribution in [1.82, 2.24) is 25.2 Å². The fraction of sp³-hybridized carbons (Fsp3) is 0.200. The minimum atomic E-state index is -0.0917. The van der Waals surface area contributed by atoms with E-state index in [1.54, 1.807) is 11.3 Å². The maximum atomic E-state index is 13.1. The highest BCUT2D eigenvalue weighted by Gasteiger charge is 2.40. The average molecular weight is 391 g/mol. The molecule has 0 radical (unpaired) electrons. The third kappa shape index (κ3) is 3.01. The highest BCUT2D eigenvalue weighted by Crippen LogP contribution is 2.38. The molecule has 0 saturated carbocycles. The lowest BCUT2D eigenvalue weighted by Crippen LogP contribution is -2.29. The zero-order valence-corrected chi connectivity index (χ0v) is 15.7. The van der Waals surface area contributed by atoms with E-state index < -0.39 is 0 Å². The number of thiophene rings is 1. The van der Waals surface area contributed by atoms with Crippen LogP contribution in [0.1, 0.15) is 33.7 Å². The monoisotopic (exact) mass is 391 g/mol. The Hall–Kier alpha value is -3.26. The molecular weight excluding hydrogens is 374 g/mol. The van der Waals surface area contributed by atoms with Gasteiger partial charge in [-0.25, -0.2) is 0 Å². The number of rotatable bonds is 4. The maximum Gasteiger partial charge on any atom is 0.274 e. The molecule has 140 valence electrons. The third-order valence-electron chi connectivity index (χ3n) is 5.13. The Balaban J connectivity index is 1.42. The number of carbonyl (C=O) groups excluding carboxylic acids is 1. The number of hydrogen-bond donors (Lipinski definition) is 1. The number of carbonyl (C=O) groups is 1. The molecule has 1 fully saturated rings. The summed E-state index contributed by atoms with van der Waals surface area (Å²) in [6, 6.07) is 15.9. The number of nitrogens with zero attached hydrogens (tertiary/aromatic N) is 4. The molecule has 0 bridgehead atoms. The van der Waals surface area contributed by atoms with Gasteiger partial charge in [-0.2, -0.15) is 10.1 Å². The number of H-pyrrole nitrogens is 1. The second-order valence-corrected chi connectivity index (χ2v) is 7.72. The van der Waals surface area contributed by atoms with Gasteiger partial charge in [-0.05, 0) is 23.1 Å². The first-order valence-electron chi connectivity index (χ1n) is 8.99. The molecule has 5 rings (SSSR count). The zero-order valence-electron chi connectivity index (χ0n) is 14.9. The second kappa shape index (κ2) is 7.05. The number of aromatic nitrogens is 4. The van der Waals surface area contributed by atoms with E-state index in [1.807, 2.05) is 46.7 Å². The van der Waals surface area contributed by atoms with Gasteiger partial charge in [0.05, 0.1) is 10.6 Å². The largest absolute Gasteiger partial charge is 0.343 e. The Morgan fingerprint density at radius 1 is 1.14 bits per heavy atom. The minimum Gasteiger partial charge on any atom is -0.343 e. The highest BCUT2D eigenvalue weighted by atomic mass is 32.1. The first kappa shape index (κ1) is 16.9. The van der Waals surface area contributed by atoms with Crippen LogP contribution in [0, 0.1) is 0 Å². The van der Waals surface area contributed by atoms with Crippen molar-refractivity contribution in [3.63, 3.8) is 0 Å². The fourth-order valence-electron chi connectivity index (χ4n) is 3.76. The summed E-state index contributed by atoms with van der Waals surface area (Å²) in [7, 11) is 0. The Kier molecular flexibility index (Phi) is 4.25. The molecule has 0 aliphatic carbocycles. The summed E-state index contributed by atoms with van der Waals surface area (Å²) in [5.41, 5.74) is 2.43. The molecule has 3 aromatic heterocycles. The third-order valence-corrected chi connectivity index (χ3v) is 6.03. The average Bonchev–Trinajstić information content (AvgIpc) is 3.53. The van der Waals surface area contributed by atoms with Crippen molar-refractivity contribution in [2.75, 3.05) is 13.1 Å². The van der Waals surface area contributed by atoms with Crippen molar-refractivity contribution >= 4 is 17.2 Å². The van der Waals surface area contributed by atoms with Crippen LogP contribution in [-0.2, 0) is 0 Å². The Bertz CT molecular complexity index is 1060. The summed E-state index contributed by atoms with van der Waals surface area (Å²) >= 11 is 1.61. The van der Waals surface area contributed by atoms with E-state index in [0.29, 0.717) is 24.6 Å². The summed E-state index contributed by atoms with van der Waals surface area (Å²) in [6.45, 7) is 1.11. The molecule has 1 saturated heterocycles. The van der Waals surface area contributed by atoms with Gasteiger partial charge in [0, 0.05) is 24.9 Å². The SMILES string of the molecule is O=C(c1cc(-c2cccs2)[nH]n1)N1C[C@H](c2ccccc2)[C@H](c2ncon2)C1. The summed E-state index contributed by atoms with van der Waals surface area (Å²) < 4.78 is 4.96. The van der Waals surface area contributed by atoms with Crippen molar-refractivity contribution < 1.29 is 9.32 Å². The molecule has 4 heterocycles. The van der Waals surface area contributed by atoms with E-state index in [4.69, 9.17) is 4.52 Å². The molecule has 8 heteroatoms. The number of nitrogens with one attached hydrogen (secondary N) is 1. The lowest BCUT2D eigenvalue weighted by Gasteiger charge is -2.15. The van der Waals surface area contributed by atoms with Crippen molar-refractivity contribution in [3.05, 3.63) is 77.4 Å². The normalized spacial score (nSPS) is 19.2. The van der Waals surface area contributed by atoms with Crippen molar-refractivity contribution in [2.45, 2.75) is 11.8 Å². The van der Waals surface area contributed by atoms with Crippen LogP contribution >= 0.6 is 11.3 Å². The summed E-state index contributed by atoms with van der Waals surface area (Å²) in [5, 5.41) is 13.2.